The Bertz CT molecular complexity index is 405. The summed E-state index contributed by atoms with van der Waals surface area (Å²) in [4.78, 5) is 11.8. The van der Waals surface area contributed by atoms with Gasteiger partial charge in [-0.05, 0) is 31.6 Å². The largest absolute Gasteiger partial charge is 0.294 e. The summed E-state index contributed by atoms with van der Waals surface area (Å²) in [5, 5.41) is 2.02. The number of allylic oxidation sites excluding steroid dienone is 4. The van der Waals surface area contributed by atoms with Crippen LogP contribution in [0, 0.1) is 0 Å². The molecule has 0 radical (unpaired) electrons. The highest BCUT2D eigenvalue weighted by Gasteiger charge is 2.29. The molecular formula is C15H24N2O. The summed E-state index contributed by atoms with van der Waals surface area (Å²) in [6, 6.07) is 0.338. The number of fused-ring (bicyclic) bond motifs is 1. The third kappa shape index (κ3) is 2.72. The maximum atomic E-state index is 11.8. The van der Waals surface area contributed by atoms with Gasteiger partial charge in [0.2, 0.25) is 0 Å². The molecule has 2 heterocycles. The zero-order valence-electron chi connectivity index (χ0n) is 12.1. The number of hydrogen-bond acceptors (Lipinski definition) is 3. The van der Waals surface area contributed by atoms with Gasteiger partial charge in [-0.15, -0.1) is 0 Å². The topological polar surface area (TPSA) is 32.3 Å². The SMILES string of the molecule is CC.CCC(=O)C1=CC=C(C)N2NC(CC)C=C12. The van der Waals surface area contributed by atoms with Gasteiger partial charge < -0.3 is 0 Å². The highest BCUT2D eigenvalue weighted by Crippen LogP contribution is 2.29. The summed E-state index contributed by atoms with van der Waals surface area (Å²) in [5.74, 6) is 0.207. The number of Topliss-reactive ketones (excluding diaryl/α,β-unsaturated/α-hetero) is 1. The van der Waals surface area contributed by atoms with Crippen molar-refractivity contribution in [3.05, 3.63) is 35.2 Å². The summed E-state index contributed by atoms with van der Waals surface area (Å²) in [7, 11) is 0. The number of ketones is 1. The lowest BCUT2D eigenvalue weighted by Gasteiger charge is -2.27. The van der Waals surface area contributed by atoms with Crippen molar-refractivity contribution < 1.29 is 4.79 Å². The van der Waals surface area contributed by atoms with E-state index in [4.69, 9.17) is 0 Å². The Kier molecular flexibility index (Phi) is 5.35. The predicted molar refractivity (Wildman–Crippen MR) is 75.6 cm³/mol. The van der Waals surface area contributed by atoms with Crippen LogP contribution in [0.4, 0.5) is 0 Å². The van der Waals surface area contributed by atoms with Crippen molar-refractivity contribution in [3.8, 4) is 0 Å². The van der Waals surface area contributed by atoms with Gasteiger partial charge in [-0.3, -0.25) is 9.80 Å². The average Bonchev–Trinajstić information content (AvgIpc) is 2.85. The Morgan fingerprint density at radius 1 is 1.33 bits per heavy atom. The number of carbonyl (C=O) groups excluding carboxylic acids is 1. The number of nitrogens with one attached hydrogen (secondary N) is 1. The molecule has 1 N–H and O–H groups in total. The highest BCUT2D eigenvalue weighted by atomic mass is 16.1. The van der Waals surface area contributed by atoms with Gasteiger partial charge in [-0.25, -0.2) is 5.43 Å². The minimum Gasteiger partial charge on any atom is -0.294 e. The van der Waals surface area contributed by atoms with E-state index in [9.17, 15) is 4.79 Å². The van der Waals surface area contributed by atoms with E-state index in [1.165, 1.54) is 0 Å². The molecule has 0 aromatic heterocycles. The Morgan fingerprint density at radius 3 is 2.56 bits per heavy atom. The molecular weight excluding hydrogens is 224 g/mol. The van der Waals surface area contributed by atoms with Gasteiger partial charge in [0.05, 0.1) is 5.70 Å². The van der Waals surface area contributed by atoms with Gasteiger partial charge in [0.25, 0.3) is 0 Å². The molecule has 0 saturated carbocycles. The highest BCUT2D eigenvalue weighted by molar-refractivity contribution is 6.00. The number of hydrazine groups is 1. The summed E-state index contributed by atoms with van der Waals surface area (Å²) in [6.07, 6.45) is 7.66. The minimum atomic E-state index is 0.207. The molecule has 0 saturated heterocycles. The van der Waals surface area contributed by atoms with E-state index >= 15 is 0 Å². The smallest absolute Gasteiger partial charge is 0.164 e. The lowest BCUT2D eigenvalue weighted by molar-refractivity contribution is -0.115. The fraction of sp³-hybridized carbons (Fsp3) is 0.533. The van der Waals surface area contributed by atoms with Crippen molar-refractivity contribution in [1.29, 1.82) is 0 Å². The number of nitrogens with zero attached hydrogens (tertiary/aromatic N) is 1. The summed E-state index contributed by atoms with van der Waals surface area (Å²) in [5.41, 5.74) is 6.37. The summed E-state index contributed by atoms with van der Waals surface area (Å²) >= 11 is 0. The maximum Gasteiger partial charge on any atom is 0.164 e. The summed E-state index contributed by atoms with van der Waals surface area (Å²) in [6.45, 7) is 10.1. The Balaban J connectivity index is 0.000000771. The van der Waals surface area contributed by atoms with E-state index < -0.39 is 0 Å². The van der Waals surface area contributed by atoms with Crippen molar-refractivity contribution in [2.75, 3.05) is 0 Å². The lowest BCUT2D eigenvalue weighted by Crippen LogP contribution is -2.37. The van der Waals surface area contributed by atoms with E-state index in [-0.39, 0.29) is 5.78 Å². The van der Waals surface area contributed by atoms with Crippen LogP contribution in [0.2, 0.25) is 0 Å². The van der Waals surface area contributed by atoms with E-state index in [1.54, 1.807) is 0 Å². The molecule has 2 rings (SSSR count). The van der Waals surface area contributed by atoms with Crippen LogP contribution < -0.4 is 5.43 Å². The second-order valence-electron chi connectivity index (χ2n) is 4.20. The molecule has 1 unspecified atom stereocenters. The second kappa shape index (κ2) is 6.55. The zero-order valence-corrected chi connectivity index (χ0v) is 12.1. The van der Waals surface area contributed by atoms with Crippen LogP contribution in [0.15, 0.2) is 35.2 Å². The van der Waals surface area contributed by atoms with Gasteiger partial charge in [0.15, 0.2) is 5.78 Å². The van der Waals surface area contributed by atoms with Gasteiger partial charge in [0.1, 0.15) is 0 Å². The first-order valence-corrected chi connectivity index (χ1v) is 6.87. The molecule has 0 bridgehead atoms. The van der Waals surface area contributed by atoms with E-state index in [2.05, 4.69) is 18.4 Å². The van der Waals surface area contributed by atoms with Crippen LogP contribution in [0.1, 0.15) is 47.5 Å². The molecule has 3 heteroatoms. The van der Waals surface area contributed by atoms with E-state index in [0.717, 1.165) is 23.4 Å². The fourth-order valence-electron chi connectivity index (χ4n) is 2.04. The molecule has 0 aromatic rings. The van der Waals surface area contributed by atoms with Crippen molar-refractivity contribution in [3.63, 3.8) is 0 Å². The first-order valence-electron chi connectivity index (χ1n) is 6.87. The standard InChI is InChI=1S/C13H18N2O.C2H6/c1-4-10-8-12-11(13(16)5-2)7-6-9(3)15(12)14-10;1-2/h6-8,10,14H,4-5H2,1-3H3;1-2H3. The Hall–Kier alpha value is -1.35. The summed E-state index contributed by atoms with van der Waals surface area (Å²) < 4.78 is 0. The van der Waals surface area contributed by atoms with Crippen LogP contribution in [-0.2, 0) is 4.79 Å². The van der Waals surface area contributed by atoms with E-state index in [1.807, 2.05) is 44.9 Å². The first-order chi connectivity index (χ1) is 8.67. The molecule has 2 aliphatic heterocycles. The van der Waals surface area contributed by atoms with Crippen molar-refractivity contribution in [1.82, 2.24) is 10.4 Å². The molecule has 0 aromatic carbocycles. The van der Waals surface area contributed by atoms with Crippen LogP contribution in [0.3, 0.4) is 0 Å². The quantitative estimate of drug-likeness (QED) is 0.831. The Morgan fingerprint density at radius 2 is 2.00 bits per heavy atom. The van der Waals surface area contributed by atoms with Crippen LogP contribution >= 0.6 is 0 Å². The average molecular weight is 248 g/mol. The zero-order chi connectivity index (χ0) is 13.7. The molecule has 0 amide bonds. The first kappa shape index (κ1) is 14.7. The molecule has 0 aliphatic carbocycles. The molecule has 0 spiro atoms. The van der Waals surface area contributed by atoms with Gasteiger partial charge in [-0.1, -0.05) is 27.7 Å². The van der Waals surface area contributed by atoms with Crippen molar-refractivity contribution in [2.45, 2.75) is 53.5 Å². The molecule has 1 atom stereocenters. The van der Waals surface area contributed by atoms with Gasteiger partial charge in [-0.2, -0.15) is 0 Å². The number of carbonyl (C=O) groups is 1. The number of rotatable bonds is 3. The molecule has 100 valence electrons. The van der Waals surface area contributed by atoms with Crippen LogP contribution in [-0.4, -0.2) is 16.8 Å². The monoisotopic (exact) mass is 248 g/mol. The van der Waals surface area contributed by atoms with Crippen LogP contribution in [0.25, 0.3) is 0 Å². The van der Waals surface area contributed by atoms with Crippen molar-refractivity contribution >= 4 is 5.78 Å². The second-order valence-corrected chi connectivity index (χ2v) is 4.20. The third-order valence-corrected chi connectivity index (χ3v) is 3.08. The maximum absolute atomic E-state index is 11.8. The molecule has 0 fully saturated rings. The molecule has 18 heavy (non-hydrogen) atoms. The number of hydrogen-bond donors (Lipinski definition) is 1. The van der Waals surface area contributed by atoms with E-state index in [0.29, 0.717) is 12.5 Å². The van der Waals surface area contributed by atoms with Gasteiger partial charge >= 0.3 is 0 Å². The van der Waals surface area contributed by atoms with Gasteiger partial charge in [0, 0.05) is 23.7 Å². The minimum absolute atomic E-state index is 0.207. The molecule has 3 nitrogen and oxygen atoms in total. The van der Waals surface area contributed by atoms with Crippen LogP contribution in [0.5, 0.6) is 0 Å². The van der Waals surface area contributed by atoms with Crippen molar-refractivity contribution in [2.24, 2.45) is 0 Å². The third-order valence-electron chi connectivity index (χ3n) is 3.08. The predicted octanol–water partition coefficient (Wildman–Crippen LogP) is 3.32. The fourth-order valence-corrected chi connectivity index (χ4v) is 2.04. The Labute approximate surface area is 110 Å². The normalized spacial score (nSPS) is 21.3. The lowest BCUT2D eigenvalue weighted by atomic mass is 10.0. The molecule has 2 aliphatic rings.